The summed E-state index contributed by atoms with van der Waals surface area (Å²) in [5.74, 6) is -0.0236. The Kier molecular flexibility index (Phi) is 3.72. The normalized spacial score (nSPS) is 10.6. The van der Waals surface area contributed by atoms with Gasteiger partial charge in [0.15, 0.2) is 0 Å². The lowest BCUT2D eigenvalue weighted by Crippen LogP contribution is -2.31. The standard InChI is InChI=1S/C13H16N4O/c1-10(2)15-13(18)8-12-9-14-16-17(12)11-6-4-3-5-7-11/h3-7,9-10H,8H2,1-2H3,(H,15,18). The molecule has 5 nitrogen and oxygen atoms in total. The minimum Gasteiger partial charge on any atom is -0.354 e. The molecule has 1 N–H and O–H groups in total. The van der Waals surface area contributed by atoms with Crippen molar-refractivity contribution in [2.45, 2.75) is 26.3 Å². The van der Waals surface area contributed by atoms with Gasteiger partial charge in [-0.25, -0.2) is 4.68 Å². The molecule has 1 amide bonds. The monoisotopic (exact) mass is 244 g/mol. The highest BCUT2D eigenvalue weighted by Gasteiger charge is 2.11. The van der Waals surface area contributed by atoms with Crippen molar-refractivity contribution in [3.8, 4) is 5.69 Å². The van der Waals surface area contributed by atoms with Crippen LogP contribution in [0.4, 0.5) is 0 Å². The van der Waals surface area contributed by atoms with Gasteiger partial charge in [-0.1, -0.05) is 23.4 Å². The molecule has 1 aromatic heterocycles. The minimum atomic E-state index is -0.0236. The van der Waals surface area contributed by atoms with Crippen molar-refractivity contribution < 1.29 is 4.79 Å². The molecule has 0 saturated heterocycles. The number of carbonyl (C=O) groups is 1. The molecule has 0 fully saturated rings. The zero-order valence-electron chi connectivity index (χ0n) is 10.5. The highest BCUT2D eigenvalue weighted by Crippen LogP contribution is 2.09. The molecule has 2 aromatic rings. The van der Waals surface area contributed by atoms with E-state index in [1.165, 1.54) is 0 Å². The van der Waals surface area contributed by atoms with Gasteiger partial charge in [0.1, 0.15) is 0 Å². The Bertz CT molecular complexity index is 519. The fourth-order valence-electron chi connectivity index (χ4n) is 1.70. The third-order valence-corrected chi connectivity index (χ3v) is 2.41. The molecule has 1 aromatic carbocycles. The van der Waals surface area contributed by atoms with Crippen molar-refractivity contribution in [3.63, 3.8) is 0 Å². The molecule has 0 aliphatic rings. The van der Waals surface area contributed by atoms with E-state index in [2.05, 4.69) is 15.6 Å². The van der Waals surface area contributed by atoms with Gasteiger partial charge in [0.25, 0.3) is 0 Å². The van der Waals surface area contributed by atoms with Crippen LogP contribution < -0.4 is 5.32 Å². The molecule has 0 radical (unpaired) electrons. The lowest BCUT2D eigenvalue weighted by Gasteiger charge is -2.09. The second kappa shape index (κ2) is 5.44. The van der Waals surface area contributed by atoms with Gasteiger partial charge in [0.2, 0.25) is 5.91 Å². The maximum absolute atomic E-state index is 11.7. The molecule has 18 heavy (non-hydrogen) atoms. The van der Waals surface area contributed by atoms with Gasteiger partial charge in [-0.2, -0.15) is 0 Å². The number of hydrogen-bond donors (Lipinski definition) is 1. The summed E-state index contributed by atoms with van der Waals surface area (Å²) in [6, 6.07) is 9.78. The van der Waals surface area contributed by atoms with Gasteiger partial charge in [-0.05, 0) is 26.0 Å². The summed E-state index contributed by atoms with van der Waals surface area (Å²) in [7, 11) is 0. The van der Waals surface area contributed by atoms with Crippen molar-refractivity contribution >= 4 is 5.91 Å². The smallest absolute Gasteiger partial charge is 0.226 e. The van der Waals surface area contributed by atoms with Crippen LogP contribution in [0.1, 0.15) is 19.5 Å². The first-order chi connectivity index (χ1) is 8.66. The molecule has 0 atom stereocenters. The Morgan fingerprint density at radius 1 is 1.33 bits per heavy atom. The van der Waals surface area contributed by atoms with E-state index in [4.69, 9.17) is 0 Å². The van der Waals surface area contributed by atoms with Crippen molar-refractivity contribution in [1.29, 1.82) is 0 Å². The fourth-order valence-corrected chi connectivity index (χ4v) is 1.70. The fraction of sp³-hybridized carbons (Fsp3) is 0.308. The van der Waals surface area contributed by atoms with Crippen molar-refractivity contribution in [3.05, 3.63) is 42.2 Å². The molecule has 0 saturated carbocycles. The average molecular weight is 244 g/mol. The molecule has 94 valence electrons. The van der Waals surface area contributed by atoms with Crippen molar-refractivity contribution in [1.82, 2.24) is 20.3 Å². The molecule has 2 rings (SSSR count). The predicted octanol–water partition coefficient (Wildman–Crippen LogP) is 1.33. The molecule has 0 aliphatic carbocycles. The Morgan fingerprint density at radius 2 is 2.06 bits per heavy atom. The van der Waals surface area contributed by atoms with E-state index in [9.17, 15) is 4.79 Å². The van der Waals surface area contributed by atoms with Gasteiger partial charge in [-0.15, -0.1) is 5.10 Å². The summed E-state index contributed by atoms with van der Waals surface area (Å²) >= 11 is 0. The second-order valence-electron chi connectivity index (χ2n) is 4.37. The van der Waals surface area contributed by atoms with Crippen LogP contribution in [0, 0.1) is 0 Å². The molecule has 0 spiro atoms. The van der Waals surface area contributed by atoms with Gasteiger partial charge in [-0.3, -0.25) is 4.79 Å². The lowest BCUT2D eigenvalue weighted by molar-refractivity contribution is -0.121. The first kappa shape index (κ1) is 12.3. The SMILES string of the molecule is CC(C)NC(=O)Cc1cnnn1-c1ccccc1. The van der Waals surface area contributed by atoms with Gasteiger partial charge in [0, 0.05) is 6.04 Å². The first-order valence-corrected chi connectivity index (χ1v) is 5.91. The van der Waals surface area contributed by atoms with E-state index in [1.54, 1.807) is 10.9 Å². The first-order valence-electron chi connectivity index (χ1n) is 5.91. The number of amides is 1. The molecular weight excluding hydrogens is 228 g/mol. The summed E-state index contributed by atoms with van der Waals surface area (Å²) in [5.41, 5.74) is 1.68. The predicted molar refractivity (Wildman–Crippen MR) is 68.3 cm³/mol. The number of rotatable bonds is 4. The lowest BCUT2D eigenvalue weighted by atomic mass is 10.2. The number of nitrogens with zero attached hydrogens (tertiary/aromatic N) is 3. The summed E-state index contributed by atoms with van der Waals surface area (Å²) in [5, 5.41) is 10.7. The number of benzene rings is 1. The van der Waals surface area contributed by atoms with Crippen LogP contribution >= 0.6 is 0 Å². The number of para-hydroxylation sites is 1. The highest BCUT2D eigenvalue weighted by molar-refractivity contribution is 5.78. The zero-order chi connectivity index (χ0) is 13.0. The van der Waals surface area contributed by atoms with Crippen LogP contribution in [0.15, 0.2) is 36.5 Å². The van der Waals surface area contributed by atoms with Gasteiger partial charge >= 0.3 is 0 Å². The van der Waals surface area contributed by atoms with E-state index in [0.29, 0.717) is 0 Å². The van der Waals surface area contributed by atoms with Crippen LogP contribution in [0.5, 0.6) is 0 Å². The van der Waals surface area contributed by atoms with Gasteiger partial charge < -0.3 is 5.32 Å². The molecule has 0 bridgehead atoms. The van der Waals surface area contributed by atoms with Crippen LogP contribution in [0.3, 0.4) is 0 Å². The van der Waals surface area contributed by atoms with E-state index in [0.717, 1.165) is 11.4 Å². The van der Waals surface area contributed by atoms with E-state index < -0.39 is 0 Å². The Labute approximate surface area is 106 Å². The molecule has 5 heteroatoms. The topological polar surface area (TPSA) is 59.8 Å². The molecule has 1 heterocycles. The number of nitrogens with one attached hydrogen (secondary N) is 1. The summed E-state index contributed by atoms with van der Waals surface area (Å²) < 4.78 is 1.68. The number of hydrogen-bond acceptors (Lipinski definition) is 3. The zero-order valence-corrected chi connectivity index (χ0v) is 10.5. The number of carbonyl (C=O) groups excluding carboxylic acids is 1. The maximum atomic E-state index is 11.7. The highest BCUT2D eigenvalue weighted by atomic mass is 16.1. The van der Waals surface area contributed by atoms with Gasteiger partial charge in [0.05, 0.1) is 24.0 Å². The van der Waals surface area contributed by atoms with Crippen molar-refractivity contribution in [2.75, 3.05) is 0 Å². The summed E-state index contributed by atoms with van der Waals surface area (Å²) in [4.78, 5) is 11.7. The number of aromatic nitrogens is 3. The Balaban J connectivity index is 2.16. The minimum absolute atomic E-state index is 0.0236. The van der Waals surface area contributed by atoms with Crippen LogP contribution in [0.25, 0.3) is 5.69 Å². The maximum Gasteiger partial charge on any atom is 0.226 e. The van der Waals surface area contributed by atoms with E-state index in [1.807, 2.05) is 44.2 Å². The van der Waals surface area contributed by atoms with Crippen LogP contribution in [-0.2, 0) is 11.2 Å². The summed E-state index contributed by atoms with van der Waals surface area (Å²) in [6.07, 6.45) is 1.90. The largest absolute Gasteiger partial charge is 0.354 e. The van der Waals surface area contributed by atoms with Crippen LogP contribution in [0.2, 0.25) is 0 Å². The third-order valence-electron chi connectivity index (χ3n) is 2.41. The van der Waals surface area contributed by atoms with Crippen LogP contribution in [-0.4, -0.2) is 26.9 Å². The Hall–Kier alpha value is -2.17. The van der Waals surface area contributed by atoms with E-state index in [-0.39, 0.29) is 18.4 Å². The third kappa shape index (κ3) is 2.94. The second-order valence-corrected chi connectivity index (χ2v) is 4.37. The summed E-state index contributed by atoms with van der Waals surface area (Å²) in [6.45, 7) is 3.87. The van der Waals surface area contributed by atoms with Crippen molar-refractivity contribution in [2.24, 2.45) is 0 Å². The Morgan fingerprint density at radius 3 is 2.72 bits per heavy atom. The molecule has 0 aliphatic heterocycles. The average Bonchev–Trinajstić information content (AvgIpc) is 2.77. The quantitative estimate of drug-likeness (QED) is 0.882. The molecule has 0 unspecified atom stereocenters. The molecular formula is C13H16N4O. The van der Waals surface area contributed by atoms with E-state index >= 15 is 0 Å².